The van der Waals surface area contributed by atoms with Gasteiger partial charge in [0.05, 0.1) is 24.9 Å². The molecule has 0 aliphatic carbocycles. The summed E-state index contributed by atoms with van der Waals surface area (Å²) >= 11 is 0. The number of aliphatic hydroxyl groups excluding tert-OH is 9. The molecule has 4 aliphatic heterocycles. The number of likely N-dealkylation sites (tertiary alicyclic amines) is 1. The van der Waals surface area contributed by atoms with Crippen LogP contribution in [0.2, 0.25) is 0 Å². The molecule has 0 unspecified atom stereocenters. The largest absolute Gasteiger partial charge is 0.394 e. The molecule has 4 amide bonds. The Balaban J connectivity index is 1.22. The minimum atomic E-state index is -2.26. The summed E-state index contributed by atoms with van der Waals surface area (Å²) in [6.45, 7) is 1.78. The molecule has 316 valence electrons. The second-order valence-corrected chi connectivity index (χ2v) is 14.9. The van der Waals surface area contributed by atoms with E-state index in [2.05, 4.69) is 10.6 Å². The summed E-state index contributed by atoms with van der Waals surface area (Å²) in [5.41, 5.74) is -1.20. The zero-order valence-electron chi connectivity index (χ0n) is 31.2. The molecule has 58 heavy (non-hydrogen) atoms. The molecule has 20 nitrogen and oxygen atoms in total. The number of anilines is 3. The van der Waals surface area contributed by atoms with Gasteiger partial charge in [-0.15, -0.1) is 0 Å². The Bertz CT molecular complexity index is 1880. The molecular weight excluding hydrogens is 768 g/mol. The maximum absolute atomic E-state index is 14.3. The number of carbonyl (C=O) groups excluding carboxylic acids is 4. The molecule has 20 heteroatoms. The van der Waals surface area contributed by atoms with Crippen molar-refractivity contribution in [2.75, 3.05) is 28.7 Å². The molecule has 4 heterocycles. The number of nitrogens with one attached hydrogen (secondary N) is 2. The van der Waals surface area contributed by atoms with Gasteiger partial charge in [0.15, 0.2) is 30.4 Å². The average molecular weight is 817 g/mol. The maximum Gasteiger partial charge on any atom is 0.264 e. The lowest BCUT2D eigenvalue weighted by atomic mass is 9.82. The lowest BCUT2D eigenvalue weighted by Crippen LogP contribution is -2.60. The number of nitrogens with zero attached hydrogens (tertiary/aromatic N) is 2. The third kappa shape index (κ3) is 8.24. The topological polar surface area (TPSA) is 320 Å². The van der Waals surface area contributed by atoms with Crippen molar-refractivity contribution in [1.82, 2.24) is 4.90 Å². The fourth-order valence-corrected chi connectivity index (χ4v) is 7.62. The van der Waals surface area contributed by atoms with Crippen LogP contribution >= 0.6 is 0 Å². The first kappa shape index (κ1) is 43.2. The van der Waals surface area contributed by atoms with Gasteiger partial charge in [-0.05, 0) is 48.7 Å². The van der Waals surface area contributed by atoms with Crippen molar-refractivity contribution in [3.63, 3.8) is 0 Å². The fraction of sp³-hybridized carbons (Fsp3) is 0.526. The van der Waals surface area contributed by atoms with Gasteiger partial charge in [0.25, 0.3) is 17.7 Å². The SMILES string of the molecule is C[C@@H](/C=C/CC(=O)N1CCC[C@H]1CO)[C@]1(O)C(=O)N(Cc2ccc(NC(=O)[C@H]3O[C@@H](O)[C@H](O)[C@@H](O)[C@@H]3O)cc2)c2ccc(NC(=O)[C@H]3O[C@@H](O)[C@H](O)[C@@H](O)[C@@H]3O)cc21. The van der Waals surface area contributed by atoms with E-state index < -0.39 is 90.7 Å². The molecule has 13 atom stereocenters. The minimum Gasteiger partial charge on any atom is -0.394 e. The standard InChI is InChI=1S/C38H48N4O16/c1-17(4-2-6-24(44)41-13-3-5-21(41)16-43)38(56)22-14-20(40-34(52)32-28(48)26(46)30(50)36(54)58-32)11-12-23(22)42(37(38)55)15-18-7-9-19(10-8-18)39-33(51)31-27(47)25(45)29(49)35(53)57-31/h2,4,7-12,14,17,21,25-32,35-36,43,45-50,53-54,56H,3,5-6,13,15-16H2,1H3,(H,39,51)(H,40,52)/b4-2+/t17-,21-,25-,26-,27-,28-,29+,30+,31-,32-,35+,36+,38+/m0/s1. The van der Waals surface area contributed by atoms with Gasteiger partial charge in [-0.3, -0.25) is 19.2 Å². The van der Waals surface area contributed by atoms with Crippen molar-refractivity contribution >= 4 is 40.7 Å². The number of rotatable bonds is 11. The Morgan fingerprint density at radius 1 is 0.828 bits per heavy atom. The molecule has 12 N–H and O–H groups in total. The molecule has 0 aromatic heterocycles. The number of fused-ring (bicyclic) bond motifs is 1. The number of amides is 4. The zero-order valence-corrected chi connectivity index (χ0v) is 31.2. The van der Waals surface area contributed by atoms with Crippen molar-refractivity contribution in [2.45, 2.75) is 106 Å². The van der Waals surface area contributed by atoms with Crippen LogP contribution in [0.5, 0.6) is 0 Å². The van der Waals surface area contributed by atoms with Crippen LogP contribution in [0.4, 0.5) is 17.1 Å². The van der Waals surface area contributed by atoms with Gasteiger partial charge in [0.2, 0.25) is 5.91 Å². The van der Waals surface area contributed by atoms with Gasteiger partial charge in [-0.1, -0.05) is 31.2 Å². The Kier molecular flexibility index (Phi) is 13.0. The van der Waals surface area contributed by atoms with E-state index in [1.165, 1.54) is 47.4 Å². The van der Waals surface area contributed by atoms with Crippen molar-refractivity contribution in [1.29, 1.82) is 0 Å². The van der Waals surface area contributed by atoms with E-state index in [1.54, 1.807) is 24.0 Å². The first-order valence-corrected chi connectivity index (χ1v) is 18.7. The van der Waals surface area contributed by atoms with Gasteiger partial charge < -0.3 is 81.0 Å². The van der Waals surface area contributed by atoms with Gasteiger partial charge in [-0.25, -0.2) is 0 Å². The van der Waals surface area contributed by atoms with Crippen molar-refractivity contribution in [2.24, 2.45) is 5.92 Å². The molecule has 0 spiro atoms. The van der Waals surface area contributed by atoms with E-state index in [-0.39, 0.29) is 54.1 Å². The Labute approximate surface area is 331 Å². The summed E-state index contributed by atoms with van der Waals surface area (Å²) < 4.78 is 10.00. The fourth-order valence-electron chi connectivity index (χ4n) is 7.62. The summed E-state index contributed by atoms with van der Waals surface area (Å²) in [5, 5.41) is 107. The van der Waals surface area contributed by atoms with Crippen LogP contribution in [0.25, 0.3) is 0 Å². The Morgan fingerprint density at radius 2 is 1.38 bits per heavy atom. The van der Waals surface area contributed by atoms with Gasteiger partial charge >= 0.3 is 0 Å². The number of hydrogen-bond acceptors (Lipinski definition) is 16. The van der Waals surface area contributed by atoms with Crippen LogP contribution < -0.4 is 15.5 Å². The highest BCUT2D eigenvalue weighted by atomic mass is 16.6. The number of benzene rings is 2. The third-order valence-electron chi connectivity index (χ3n) is 11.1. The first-order valence-electron chi connectivity index (χ1n) is 18.7. The number of hydrogen-bond donors (Lipinski definition) is 12. The Morgan fingerprint density at radius 3 is 1.95 bits per heavy atom. The molecular formula is C38H48N4O16. The monoisotopic (exact) mass is 816 g/mol. The van der Waals surface area contributed by atoms with Crippen LogP contribution in [0.1, 0.15) is 37.3 Å². The molecule has 6 rings (SSSR count). The van der Waals surface area contributed by atoms with Crippen molar-refractivity contribution in [3.05, 3.63) is 65.7 Å². The van der Waals surface area contributed by atoms with Crippen LogP contribution in [-0.2, 0) is 40.8 Å². The summed E-state index contributed by atoms with van der Waals surface area (Å²) in [5.74, 6) is -3.89. The van der Waals surface area contributed by atoms with Crippen LogP contribution in [-0.4, -0.2) is 160 Å². The van der Waals surface area contributed by atoms with E-state index in [0.29, 0.717) is 18.5 Å². The van der Waals surface area contributed by atoms with E-state index in [4.69, 9.17) is 9.47 Å². The van der Waals surface area contributed by atoms with E-state index in [0.717, 1.165) is 6.42 Å². The second kappa shape index (κ2) is 17.4. The number of carbonyl (C=O) groups is 4. The van der Waals surface area contributed by atoms with Crippen LogP contribution in [0.3, 0.4) is 0 Å². The highest BCUT2D eigenvalue weighted by Crippen LogP contribution is 2.47. The highest BCUT2D eigenvalue weighted by Gasteiger charge is 2.53. The predicted molar refractivity (Wildman–Crippen MR) is 198 cm³/mol. The molecule has 0 saturated carbocycles. The van der Waals surface area contributed by atoms with Gasteiger partial charge in [-0.2, -0.15) is 0 Å². The van der Waals surface area contributed by atoms with E-state index in [9.17, 15) is 70.2 Å². The minimum absolute atomic E-state index is 0.0277. The summed E-state index contributed by atoms with van der Waals surface area (Å²) in [6, 6.07) is 9.96. The first-order chi connectivity index (χ1) is 27.5. The number of ether oxygens (including phenoxy) is 2. The van der Waals surface area contributed by atoms with Gasteiger partial charge in [0, 0.05) is 35.8 Å². The zero-order chi connectivity index (χ0) is 42.2. The smallest absolute Gasteiger partial charge is 0.264 e. The Hall–Kier alpha value is -4.42. The van der Waals surface area contributed by atoms with Crippen molar-refractivity contribution in [3.8, 4) is 0 Å². The molecule has 3 fully saturated rings. The molecule has 0 bridgehead atoms. The summed E-state index contributed by atoms with van der Waals surface area (Å²) in [4.78, 5) is 56.1. The molecule has 2 aromatic rings. The quantitative estimate of drug-likeness (QED) is 0.0978. The summed E-state index contributed by atoms with van der Waals surface area (Å²) in [6.07, 6.45) is -14.2. The summed E-state index contributed by atoms with van der Waals surface area (Å²) in [7, 11) is 0. The normalized spacial score (nSPS) is 34.3. The lowest BCUT2D eigenvalue weighted by Gasteiger charge is -2.37. The van der Waals surface area contributed by atoms with Crippen LogP contribution in [0.15, 0.2) is 54.6 Å². The van der Waals surface area contributed by atoms with Gasteiger partial charge in [0.1, 0.15) is 36.6 Å². The maximum atomic E-state index is 14.3. The highest BCUT2D eigenvalue weighted by molar-refractivity contribution is 6.08. The molecule has 0 radical (unpaired) electrons. The average Bonchev–Trinajstić information content (AvgIpc) is 3.77. The van der Waals surface area contributed by atoms with Crippen molar-refractivity contribution < 1.29 is 79.7 Å². The van der Waals surface area contributed by atoms with Crippen LogP contribution in [0, 0.1) is 5.92 Å². The number of aliphatic hydroxyl groups is 10. The van der Waals surface area contributed by atoms with E-state index in [1.807, 2.05) is 0 Å². The lowest BCUT2D eigenvalue weighted by molar-refractivity contribution is -0.274. The van der Waals surface area contributed by atoms with E-state index >= 15 is 0 Å². The molecule has 2 aromatic carbocycles. The predicted octanol–water partition coefficient (Wildman–Crippen LogP) is -3.54. The molecule has 4 aliphatic rings. The second-order valence-electron chi connectivity index (χ2n) is 14.9. The molecule has 3 saturated heterocycles. The third-order valence-corrected chi connectivity index (χ3v) is 11.1.